The van der Waals surface area contributed by atoms with Gasteiger partial charge in [-0.1, -0.05) is 60.7 Å². The van der Waals surface area contributed by atoms with Crippen LogP contribution in [0.1, 0.15) is 36.2 Å². The van der Waals surface area contributed by atoms with Crippen molar-refractivity contribution in [1.29, 1.82) is 0 Å². The summed E-state index contributed by atoms with van der Waals surface area (Å²) in [4.78, 5) is 9.21. The highest BCUT2D eigenvalue weighted by atomic mass is 16.3. The number of imidazole rings is 1. The van der Waals surface area contributed by atoms with Gasteiger partial charge in [0, 0.05) is 37.9 Å². The number of aromatic nitrogens is 2. The van der Waals surface area contributed by atoms with E-state index in [-0.39, 0.29) is 12.5 Å². The van der Waals surface area contributed by atoms with E-state index in [4.69, 9.17) is 4.99 Å². The van der Waals surface area contributed by atoms with Crippen molar-refractivity contribution in [2.75, 3.05) is 19.7 Å². The molecular formula is C25H33N5O. The number of benzene rings is 2. The molecule has 0 aliphatic rings. The molecule has 3 aromatic rings. The van der Waals surface area contributed by atoms with Crippen LogP contribution in [-0.2, 0) is 19.5 Å². The number of nitrogens with one attached hydrogen (secondary N) is 2. The predicted molar refractivity (Wildman–Crippen MR) is 126 cm³/mol. The van der Waals surface area contributed by atoms with E-state index in [1.54, 1.807) is 0 Å². The summed E-state index contributed by atoms with van der Waals surface area (Å²) in [6.07, 6.45) is 5.97. The van der Waals surface area contributed by atoms with Crippen molar-refractivity contribution in [2.24, 2.45) is 4.99 Å². The van der Waals surface area contributed by atoms with Gasteiger partial charge in [0.1, 0.15) is 12.4 Å². The highest BCUT2D eigenvalue weighted by Gasteiger charge is 2.11. The SMILES string of the molecule is CCNC(=NCc1nccn1CCCc1ccccc1)NCC(CO)c1ccccc1. The van der Waals surface area contributed by atoms with Crippen LogP contribution in [0.15, 0.2) is 78.0 Å². The molecule has 0 fully saturated rings. The van der Waals surface area contributed by atoms with Gasteiger partial charge in [-0.25, -0.2) is 9.98 Å². The van der Waals surface area contributed by atoms with Gasteiger partial charge in [-0.15, -0.1) is 0 Å². The monoisotopic (exact) mass is 419 g/mol. The lowest BCUT2D eigenvalue weighted by atomic mass is 10.0. The molecule has 1 unspecified atom stereocenters. The molecular weight excluding hydrogens is 386 g/mol. The van der Waals surface area contributed by atoms with E-state index in [1.165, 1.54) is 5.56 Å². The molecule has 0 bridgehead atoms. The van der Waals surface area contributed by atoms with Gasteiger partial charge in [0.15, 0.2) is 5.96 Å². The smallest absolute Gasteiger partial charge is 0.191 e. The highest BCUT2D eigenvalue weighted by Crippen LogP contribution is 2.13. The maximum absolute atomic E-state index is 9.79. The molecule has 0 aliphatic carbocycles. The normalized spacial score (nSPS) is 12.5. The average molecular weight is 420 g/mol. The van der Waals surface area contributed by atoms with Gasteiger partial charge in [-0.05, 0) is 30.9 Å². The van der Waals surface area contributed by atoms with Crippen LogP contribution in [0.4, 0.5) is 0 Å². The van der Waals surface area contributed by atoms with E-state index < -0.39 is 0 Å². The van der Waals surface area contributed by atoms with Crippen LogP contribution in [0.2, 0.25) is 0 Å². The van der Waals surface area contributed by atoms with Gasteiger partial charge in [-0.3, -0.25) is 0 Å². The van der Waals surface area contributed by atoms with E-state index in [2.05, 4.69) is 44.5 Å². The molecule has 0 spiro atoms. The van der Waals surface area contributed by atoms with Gasteiger partial charge >= 0.3 is 0 Å². The van der Waals surface area contributed by atoms with E-state index >= 15 is 0 Å². The van der Waals surface area contributed by atoms with E-state index in [0.29, 0.717) is 13.1 Å². The number of hydrogen-bond donors (Lipinski definition) is 3. The van der Waals surface area contributed by atoms with Crippen molar-refractivity contribution in [3.63, 3.8) is 0 Å². The molecule has 0 aliphatic heterocycles. The van der Waals surface area contributed by atoms with Gasteiger partial charge < -0.3 is 20.3 Å². The minimum atomic E-state index is 0.0185. The molecule has 3 rings (SSSR count). The molecule has 6 heteroatoms. The summed E-state index contributed by atoms with van der Waals surface area (Å²) in [5.74, 6) is 1.70. The van der Waals surface area contributed by atoms with Crippen LogP contribution in [0, 0.1) is 0 Å². The maximum atomic E-state index is 9.79. The largest absolute Gasteiger partial charge is 0.396 e. The first kappa shape index (κ1) is 22.6. The zero-order valence-corrected chi connectivity index (χ0v) is 18.2. The first-order valence-electron chi connectivity index (χ1n) is 11.0. The van der Waals surface area contributed by atoms with Gasteiger partial charge in [0.2, 0.25) is 0 Å². The second kappa shape index (κ2) is 12.5. The third kappa shape index (κ3) is 7.26. The maximum Gasteiger partial charge on any atom is 0.191 e. The summed E-state index contributed by atoms with van der Waals surface area (Å²) >= 11 is 0. The molecule has 3 N–H and O–H groups in total. The molecule has 0 amide bonds. The summed E-state index contributed by atoms with van der Waals surface area (Å²) in [7, 11) is 0. The Kier molecular flexibility index (Phi) is 9.13. The summed E-state index contributed by atoms with van der Waals surface area (Å²) in [5, 5.41) is 16.4. The topological polar surface area (TPSA) is 74.5 Å². The van der Waals surface area contributed by atoms with Crippen LogP contribution < -0.4 is 10.6 Å². The quantitative estimate of drug-likeness (QED) is 0.329. The number of rotatable bonds is 11. The fraction of sp³-hybridized carbons (Fsp3) is 0.360. The zero-order valence-electron chi connectivity index (χ0n) is 18.2. The number of hydrogen-bond acceptors (Lipinski definition) is 3. The Balaban J connectivity index is 1.54. The fourth-order valence-corrected chi connectivity index (χ4v) is 3.52. The van der Waals surface area contributed by atoms with Gasteiger partial charge in [0.05, 0.1) is 6.61 Å². The Hall–Kier alpha value is -3.12. The van der Waals surface area contributed by atoms with Gasteiger partial charge in [-0.2, -0.15) is 0 Å². The Labute approximate surface area is 185 Å². The van der Waals surface area contributed by atoms with Crippen LogP contribution in [0.25, 0.3) is 0 Å². The molecule has 2 aromatic carbocycles. The second-order valence-corrected chi connectivity index (χ2v) is 7.49. The van der Waals surface area contributed by atoms with E-state index in [1.807, 2.05) is 55.7 Å². The molecule has 0 saturated heterocycles. The van der Waals surface area contributed by atoms with Gasteiger partial charge in [0.25, 0.3) is 0 Å². The molecule has 31 heavy (non-hydrogen) atoms. The Morgan fingerprint density at radius 1 is 1.06 bits per heavy atom. The number of aliphatic hydroxyl groups excluding tert-OH is 1. The van der Waals surface area contributed by atoms with Crippen LogP contribution in [0.3, 0.4) is 0 Å². The number of aliphatic imine (C=N–C) groups is 1. The molecule has 6 nitrogen and oxygen atoms in total. The number of aryl methyl sites for hydroxylation is 2. The number of aliphatic hydroxyl groups is 1. The standard InChI is InChI=1S/C25H33N5O/c1-2-26-25(28-18-23(20-31)22-13-7-4-8-14-22)29-19-24-27-15-17-30(24)16-9-12-21-10-5-3-6-11-21/h3-8,10-11,13-15,17,23,31H,2,9,12,16,18-20H2,1H3,(H2,26,28,29). The summed E-state index contributed by atoms with van der Waals surface area (Å²) in [6, 6.07) is 20.6. The minimum absolute atomic E-state index is 0.0185. The molecule has 1 aromatic heterocycles. The summed E-state index contributed by atoms with van der Waals surface area (Å²) in [6.45, 7) is 4.93. The third-order valence-electron chi connectivity index (χ3n) is 5.24. The predicted octanol–water partition coefficient (Wildman–Crippen LogP) is 3.35. The Morgan fingerprint density at radius 2 is 1.81 bits per heavy atom. The van der Waals surface area contributed by atoms with Crippen LogP contribution in [-0.4, -0.2) is 40.3 Å². The van der Waals surface area contributed by atoms with Crippen molar-refractivity contribution in [3.8, 4) is 0 Å². The lowest BCUT2D eigenvalue weighted by Gasteiger charge is -2.18. The lowest BCUT2D eigenvalue weighted by Crippen LogP contribution is -2.40. The molecule has 0 saturated carbocycles. The molecule has 0 radical (unpaired) electrons. The first-order chi connectivity index (χ1) is 15.3. The number of guanidine groups is 1. The second-order valence-electron chi connectivity index (χ2n) is 7.49. The first-order valence-corrected chi connectivity index (χ1v) is 11.0. The van der Waals surface area contributed by atoms with Crippen molar-refractivity contribution in [3.05, 3.63) is 90.0 Å². The fourth-order valence-electron chi connectivity index (χ4n) is 3.52. The minimum Gasteiger partial charge on any atom is -0.396 e. The summed E-state index contributed by atoms with van der Waals surface area (Å²) < 4.78 is 2.18. The average Bonchev–Trinajstić information content (AvgIpc) is 3.26. The van der Waals surface area contributed by atoms with Crippen molar-refractivity contribution >= 4 is 5.96 Å². The van der Waals surface area contributed by atoms with E-state index in [0.717, 1.165) is 43.3 Å². The lowest BCUT2D eigenvalue weighted by molar-refractivity contribution is 0.265. The van der Waals surface area contributed by atoms with Crippen LogP contribution in [0.5, 0.6) is 0 Å². The highest BCUT2D eigenvalue weighted by molar-refractivity contribution is 5.79. The van der Waals surface area contributed by atoms with Crippen molar-refractivity contribution in [1.82, 2.24) is 20.2 Å². The number of nitrogens with zero attached hydrogens (tertiary/aromatic N) is 3. The zero-order chi connectivity index (χ0) is 21.7. The summed E-state index contributed by atoms with van der Waals surface area (Å²) in [5.41, 5.74) is 2.47. The molecule has 1 atom stereocenters. The van der Waals surface area contributed by atoms with Crippen molar-refractivity contribution < 1.29 is 5.11 Å². The molecule has 164 valence electrons. The Bertz CT molecular complexity index is 908. The third-order valence-corrected chi connectivity index (χ3v) is 5.24. The van der Waals surface area contributed by atoms with E-state index in [9.17, 15) is 5.11 Å². The molecule has 1 heterocycles. The Morgan fingerprint density at radius 3 is 2.52 bits per heavy atom. The van der Waals surface area contributed by atoms with Crippen molar-refractivity contribution in [2.45, 2.75) is 38.8 Å². The van der Waals surface area contributed by atoms with Crippen LogP contribution >= 0.6 is 0 Å².